The summed E-state index contributed by atoms with van der Waals surface area (Å²) in [6.45, 7) is 12.4. The SMILES string of the molecule is C#Cc1ccc(OCCO[Si](C)(C)C(C)(C)C)cc1. The summed E-state index contributed by atoms with van der Waals surface area (Å²) in [6.07, 6.45) is 5.30. The van der Waals surface area contributed by atoms with Crippen molar-refractivity contribution < 1.29 is 9.16 Å². The summed E-state index contributed by atoms with van der Waals surface area (Å²) in [5.74, 6) is 3.41. The lowest BCUT2D eigenvalue weighted by molar-refractivity contribution is 0.203. The zero-order valence-corrected chi connectivity index (χ0v) is 13.6. The molecular weight excluding hydrogens is 252 g/mol. The highest BCUT2D eigenvalue weighted by atomic mass is 28.4. The Morgan fingerprint density at radius 1 is 1.11 bits per heavy atom. The second-order valence-corrected chi connectivity index (χ2v) is 10.9. The minimum atomic E-state index is -1.66. The van der Waals surface area contributed by atoms with Crippen LogP contribution in [-0.2, 0) is 4.43 Å². The molecule has 0 saturated heterocycles. The van der Waals surface area contributed by atoms with Gasteiger partial charge in [0.2, 0.25) is 0 Å². The molecule has 104 valence electrons. The van der Waals surface area contributed by atoms with Gasteiger partial charge in [0.25, 0.3) is 0 Å². The Bertz CT molecular complexity index is 435. The van der Waals surface area contributed by atoms with Crippen molar-refractivity contribution in [3.63, 3.8) is 0 Å². The number of terminal acetylenes is 1. The monoisotopic (exact) mass is 276 g/mol. The molecule has 0 heterocycles. The van der Waals surface area contributed by atoms with Crippen molar-refractivity contribution in [2.45, 2.75) is 38.9 Å². The quantitative estimate of drug-likeness (QED) is 0.458. The maximum absolute atomic E-state index is 6.04. The molecule has 0 aliphatic heterocycles. The molecule has 0 bridgehead atoms. The van der Waals surface area contributed by atoms with Gasteiger partial charge in [-0.05, 0) is 42.4 Å². The van der Waals surface area contributed by atoms with Crippen molar-refractivity contribution in [2.24, 2.45) is 0 Å². The highest BCUT2D eigenvalue weighted by molar-refractivity contribution is 6.74. The maximum Gasteiger partial charge on any atom is 0.192 e. The van der Waals surface area contributed by atoms with E-state index in [4.69, 9.17) is 15.6 Å². The number of benzene rings is 1. The fraction of sp³-hybridized carbons (Fsp3) is 0.500. The van der Waals surface area contributed by atoms with Crippen LogP contribution in [0.2, 0.25) is 18.1 Å². The Morgan fingerprint density at radius 2 is 1.68 bits per heavy atom. The maximum atomic E-state index is 6.04. The van der Waals surface area contributed by atoms with Gasteiger partial charge in [-0.2, -0.15) is 0 Å². The average Bonchev–Trinajstić information content (AvgIpc) is 2.34. The van der Waals surface area contributed by atoms with Crippen molar-refractivity contribution >= 4 is 8.32 Å². The molecule has 1 aromatic rings. The van der Waals surface area contributed by atoms with Gasteiger partial charge in [0.1, 0.15) is 12.4 Å². The third-order valence-electron chi connectivity index (χ3n) is 3.64. The molecule has 1 aromatic carbocycles. The van der Waals surface area contributed by atoms with Crippen LogP contribution in [0.15, 0.2) is 24.3 Å². The standard InChI is InChI=1S/C16H24O2Si/c1-7-14-8-10-15(11-9-14)17-12-13-18-19(5,6)16(2,3)4/h1,8-11H,12-13H2,2-6H3. The van der Waals surface area contributed by atoms with Crippen LogP contribution in [0.5, 0.6) is 5.75 Å². The first-order valence-electron chi connectivity index (χ1n) is 6.60. The van der Waals surface area contributed by atoms with E-state index in [0.717, 1.165) is 11.3 Å². The number of hydrogen-bond acceptors (Lipinski definition) is 2. The Balaban J connectivity index is 2.37. The fourth-order valence-corrected chi connectivity index (χ4v) is 2.35. The third kappa shape index (κ3) is 4.74. The molecule has 0 amide bonds. The molecule has 0 atom stereocenters. The van der Waals surface area contributed by atoms with E-state index in [1.807, 2.05) is 24.3 Å². The van der Waals surface area contributed by atoms with Gasteiger partial charge in [0.05, 0.1) is 6.61 Å². The summed E-state index contributed by atoms with van der Waals surface area (Å²) < 4.78 is 11.7. The van der Waals surface area contributed by atoms with Crippen LogP contribution in [-0.4, -0.2) is 21.5 Å². The topological polar surface area (TPSA) is 18.5 Å². The van der Waals surface area contributed by atoms with Gasteiger partial charge >= 0.3 is 0 Å². The zero-order chi connectivity index (χ0) is 14.5. The van der Waals surface area contributed by atoms with E-state index >= 15 is 0 Å². The molecule has 0 aliphatic rings. The molecule has 3 heteroatoms. The van der Waals surface area contributed by atoms with Crippen LogP contribution in [0.3, 0.4) is 0 Å². The van der Waals surface area contributed by atoms with Crippen molar-refractivity contribution in [3.05, 3.63) is 29.8 Å². The number of rotatable bonds is 5. The average molecular weight is 276 g/mol. The number of ether oxygens (including phenoxy) is 1. The Morgan fingerprint density at radius 3 is 2.16 bits per heavy atom. The van der Waals surface area contributed by atoms with E-state index < -0.39 is 8.32 Å². The van der Waals surface area contributed by atoms with Crippen LogP contribution >= 0.6 is 0 Å². The minimum absolute atomic E-state index is 0.238. The van der Waals surface area contributed by atoms with Crippen molar-refractivity contribution in [1.82, 2.24) is 0 Å². The second-order valence-electron chi connectivity index (χ2n) is 6.13. The van der Waals surface area contributed by atoms with E-state index in [2.05, 4.69) is 39.8 Å². The second kappa shape index (κ2) is 6.27. The van der Waals surface area contributed by atoms with Crippen molar-refractivity contribution in [3.8, 4) is 18.1 Å². The van der Waals surface area contributed by atoms with Gasteiger partial charge in [0, 0.05) is 5.56 Å². The molecule has 0 spiro atoms. The Labute approximate surface area is 118 Å². The van der Waals surface area contributed by atoms with Crippen LogP contribution in [0.4, 0.5) is 0 Å². The lowest BCUT2D eigenvalue weighted by Gasteiger charge is -2.36. The van der Waals surface area contributed by atoms with Crippen LogP contribution < -0.4 is 4.74 Å². The third-order valence-corrected chi connectivity index (χ3v) is 8.18. The van der Waals surface area contributed by atoms with E-state index in [1.54, 1.807) is 0 Å². The van der Waals surface area contributed by atoms with E-state index in [1.165, 1.54) is 0 Å². The summed E-state index contributed by atoms with van der Waals surface area (Å²) in [5, 5.41) is 0.238. The highest BCUT2D eigenvalue weighted by Crippen LogP contribution is 2.36. The minimum Gasteiger partial charge on any atom is -0.491 e. The first kappa shape index (κ1) is 15.8. The van der Waals surface area contributed by atoms with Gasteiger partial charge < -0.3 is 9.16 Å². The first-order chi connectivity index (χ1) is 8.76. The van der Waals surface area contributed by atoms with Gasteiger partial charge in [-0.25, -0.2) is 0 Å². The summed E-state index contributed by atoms with van der Waals surface area (Å²) in [6, 6.07) is 7.54. The Kier molecular flexibility index (Phi) is 5.22. The zero-order valence-electron chi connectivity index (χ0n) is 12.6. The molecule has 2 nitrogen and oxygen atoms in total. The first-order valence-corrected chi connectivity index (χ1v) is 9.50. The van der Waals surface area contributed by atoms with Gasteiger partial charge in [-0.3, -0.25) is 0 Å². The molecule has 0 unspecified atom stereocenters. The lowest BCUT2D eigenvalue weighted by Crippen LogP contribution is -2.41. The highest BCUT2D eigenvalue weighted by Gasteiger charge is 2.36. The van der Waals surface area contributed by atoms with E-state index in [-0.39, 0.29) is 5.04 Å². The largest absolute Gasteiger partial charge is 0.491 e. The predicted octanol–water partition coefficient (Wildman–Crippen LogP) is 4.07. The Hall–Kier alpha value is -1.24. The lowest BCUT2D eigenvalue weighted by atomic mass is 10.2. The van der Waals surface area contributed by atoms with Crippen molar-refractivity contribution in [1.29, 1.82) is 0 Å². The van der Waals surface area contributed by atoms with E-state index in [0.29, 0.717) is 13.2 Å². The van der Waals surface area contributed by atoms with Gasteiger partial charge in [0.15, 0.2) is 8.32 Å². The molecule has 1 rings (SSSR count). The van der Waals surface area contributed by atoms with Crippen LogP contribution in [0.1, 0.15) is 26.3 Å². The summed E-state index contributed by atoms with van der Waals surface area (Å²) >= 11 is 0. The molecular formula is C16H24O2Si. The molecule has 0 saturated carbocycles. The molecule has 19 heavy (non-hydrogen) atoms. The molecule has 0 aromatic heterocycles. The summed E-state index contributed by atoms with van der Waals surface area (Å²) in [5.41, 5.74) is 0.866. The summed E-state index contributed by atoms with van der Waals surface area (Å²) in [4.78, 5) is 0. The fourth-order valence-electron chi connectivity index (χ4n) is 1.32. The molecule has 0 aliphatic carbocycles. The van der Waals surface area contributed by atoms with Gasteiger partial charge in [-0.15, -0.1) is 6.42 Å². The normalized spacial score (nSPS) is 12.0. The summed E-state index contributed by atoms with van der Waals surface area (Å²) in [7, 11) is -1.66. The predicted molar refractivity (Wildman–Crippen MR) is 83.0 cm³/mol. The molecule has 0 fully saturated rings. The number of hydrogen-bond donors (Lipinski definition) is 0. The van der Waals surface area contributed by atoms with Gasteiger partial charge in [-0.1, -0.05) is 26.7 Å². The van der Waals surface area contributed by atoms with E-state index in [9.17, 15) is 0 Å². The van der Waals surface area contributed by atoms with Crippen LogP contribution in [0, 0.1) is 12.3 Å². The molecule has 0 radical (unpaired) electrons. The van der Waals surface area contributed by atoms with Crippen LogP contribution in [0.25, 0.3) is 0 Å². The molecule has 0 N–H and O–H groups in total. The smallest absolute Gasteiger partial charge is 0.192 e. The van der Waals surface area contributed by atoms with Crippen molar-refractivity contribution in [2.75, 3.05) is 13.2 Å².